The summed E-state index contributed by atoms with van der Waals surface area (Å²) in [6.07, 6.45) is 0.203. The maximum Gasteiger partial charge on any atom is 0.182 e. The molecule has 0 radical (unpaired) electrons. The Morgan fingerprint density at radius 1 is 1.37 bits per heavy atom. The molecule has 0 aliphatic rings. The number of hydrogen-bond donors (Lipinski definition) is 1. The molecule has 6 nitrogen and oxygen atoms in total. The smallest absolute Gasteiger partial charge is 0.182 e. The molecule has 102 valence electrons. The average Bonchev–Trinajstić information content (AvgIpc) is 2.80. The molecule has 0 amide bonds. The van der Waals surface area contributed by atoms with Crippen molar-refractivity contribution in [3.8, 4) is 11.4 Å². The zero-order chi connectivity index (χ0) is 13.8. The van der Waals surface area contributed by atoms with Gasteiger partial charge in [0.15, 0.2) is 5.82 Å². The second-order valence-electron chi connectivity index (χ2n) is 4.72. The summed E-state index contributed by atoms with van der Waals surface area (Å²) in [6.45, 7) is 7.22. The number of nitrogens with two attached hydrogens (primary N) is 1. The van der Waals surface area contributed by atoms with E-state index in [-0.39, 0.29) is 6.10 Å². The summed E-state index contributed by atoms with van der Waals surface area (Å²) < 4.78 is 7.26. The Kier molecular flexibility index (Phi) is 4.11. The van der Waals surface area contributed by atoms with Gasteiger partial charge >= 0.3 is 0 Å². The first kappa shape index (κ1) is 13.5. The lowest BCUT2D eigenvalue weighted by Crippen LogP contribution is -2.12. The SMILES string of the molecule is Cc1ccc(N)cc1-c1nnnn1CCOC(C)C. The lowest BCUT2D eigenvalue weighted by atomic mass is 10.1. The highest BCUT2D eigenvalue weighted by Gasteiger charge is 2.11. The van der Waals surface area contributed by atoms with Gasteiger partial charge in [-0.2, -0.15) is 0 Å². The summed E-state index contributed by atoms with van der Waals surface area (Å²) in [7, 11) is 0. The third kappa shape index (κ3) is 3.29. The summed E-state index contributed by atoms with van der Waals surface area (Å²) in [5.41, 5.74) is 8.57. The van der Waals surface area contributed by atoms with Crippen LogP contribution in [0.15, 0.2) is 18.2 Å². The number of tetrazole rings is 1. The molecule has 0 saturated carbocycles. The van der Waals surface area contributed by atoms with E-state index in [0.717, 1.165) is 17.0 Å². The molecule has 2 rings (SSSR count). The minimum atomic E-state index is 0.203. The molecule has 2 N–H and O–H groups in total. The molecule has 0 fully saturated rings. The van der Waals surface area contributed by atoms with Crippen molar-refractivity contribution in [1.29, 1.82) is 0 Å². The Morgan fingerprint density at radius 2 is 2.16 bits per heavy atom. The van der Waals surface area contributed by atoms with Crippen LogP contribution in [-0.2, 0) is 11.3 Å². The van der Waals surface area contributed by atoms with Crippen LogP contribution in [0.4, 0.5) is 5.69 Å². The lowest BCUT2D eigenvalue weighted by molar-refractivity contribution is 0.0709. The molecule has 1 heterocycles. The van der Waals surface area contributed by atoms with Crippen LogP contribution in [-0.4, -0.2) is 32.9 Å². The Morgan fingerprint density at radius 3 is 2.89 bits per heavy atom. The standard InChI is InChI=1S/C13H19N5O/c1-9(2)19-7-6-18-13(15-16-17-18)12-8-11(14)5-4-10(12)3/h4-5,8-9H,6-7,14H2,1-3H3. The van der Waals surface area contributed by atoms with E-state index in [9.17, 15) is 0 Å². The fraction of sp³-hybridized carbons (Fsp3) is 0.462. The number of ether oxygens (including phenoxy) is 1. The number of nitrogen functional groups attached to an aromatic ring is 1. The average molecular weight is 261 g/mol. The predicted octanol–water partition coefficient (Wildman–Crippen LogP) is 1.66. The van der Waals surface area contributed by atoms with Gasteiger partial charge in [-0.15, -0.1) is 5.10 Å². The van der Waals surface area contributed by atoms with Gasteiger partial charge in [0, 0.05) is 11.3 Å². The van der Waals surface area contributed by atoms with Gasteiger partial charge in [-0.3, -0.25) is 0 Å². The maximum atomic E-state index is 5.82. The molecule has 19 heavy (non-hydrogen) atoms. The van der Waals surface area contributed by atoms with Crippen molar-refractivity contribution in [2.45, 2.75) is 33.4 Å². The minimum Gasteiger partial charge on any atom is -0.399 e. The molecule has 1 aromatic heterocycles. The van der Waals surface area contributed by atoms with Gasteiger partial charge in [0.2, 0.25) is 0 Å². The first-order valence-electron chi connectivity index (χ1n) is 6.32. The highest BCUT2D eigenvalue weighted by molar-refractivity contribution is 5.65. The Bertz CT molecular complexity index is 550. The molecule has 0 bridgehead atoms. The van der Waals surface area contributed by atoms with E-state index in [4.69, 9.17) is 10.5 Å². The van der Waals surface area contributed by atoms with E-state index >= 15 is 0 Å². The highest BCUT2D eigenvalue weighted by Crippen LogP contribution is 2.22. The molecule has 1 aromatic carbocycles. The summed E-state index contributed by atoms with van der Waals surface area (Å²) in [5.74, 6) is 0.720. The molecule has 0 atom stereocenters. The van der Waals surface area contributed by atoms with Crippen LogP contribution in [0.3, 0.4) is 0 Å². The molecule has 0 aliphatic carbocycles. The van der Waals surface area contributed by atoms with E-state index in [1.54, 1.807) is 4.68 Å². The summed E-state index contributed by atoms with van der Waals surface area (Å²) in [4.78, 5) is 0. The van der Waals surface area contributed by atoms with E-state index < -0.39 is 0 Å². The van der Waals surface area contributed by atoms with E-state index in [0.29, 0.717) is 18.8 Å². The molecule has 6 heteroatoms. The second-order valence-corrected chi connectivity index (χ2v) is 4.72. The number of benzene rings is 1. The zero-order valence-electron chi connectivity index (χ0n) is 11.5. The zero-order valence-corrected chi connectivity index (χ0v) is 11.5. The predicted molar refractivity (Wildman–Crippen MR) is 73.5 cm³/mol. The molecule has 0 aliphatic heterocycles. The van der Waals surface area contributed by atoms with Crippen LogP contribution in [0.1, 0.15) is 19.4 Å². The van der Waals surface area contributed by atoms with Crippen LogP contribution >= 0.6 is 0 Å². The summed E-state index contributed by atoms with van der Waals surface area (Å²) in [5, 5.41) is 11.8. The molecular formula is C13H19N5O. The van der Waals surface area contributed by atoms with E-state index in [1.807, 2.05) is 39.0 Å². The van der Waals surface area contributed by atoms with Crippen LogP contribution in [0.25, 0.3) is 11.4 Å². The number of hydrogen-bond acceptors (Lipinski definition) is 5. The first-order valence-corrected chi connectivity index (χ1v) is 6.32. The summed E-state index contributed by atoms with van der Waals surface area (Å²) in [6, 6.07) is 5.73. The van der Waals surface area contributed by atoms with Crippen molar-refractivity contribution >= 4 is 5.69 Å². The third-order valence-electron chi connectivity index (χ3n) is 2.79. The summed E-state index contributed by atoms with van der Waals surface area (Å²) >= 11 is 0. The second kappa shape index (κ2) is 5.79. The first-order chi connectivity index (χ1) is 9.08. The van der Waals surface area contributed by atoms with E-state index in [2.05, 4.69) is 15.5 Å². The highest BCUT2D eigenvalue weighted by atomic mass is 16.5. The largest absolute Gasteiger partial charge is 0.399 e. The van der Waals surface area contributed by atoms with Gasteiger partial charge < -0.3 is 10.5 Å². The Labute approximate surface area is 112 Å². The van der Waals surface area contributed by atoms with Crippen molar-refractivity contribution in [1.82, 2.24) is 20.2 Å². The van der Waals surface area contributed by atoms with Gasteiger partial charge in [-0.05, 0) is 48.9 Å². The fourth-order valence-electron chi connectivity index (χ4n) is 1.80. The van der Waals surface area contributed by atoms with Crippen LogP contribution in [0.5, 0.6) is 0 Å². The topological polar surface area (TPSA) is 78.9 Å². The van der Waals surface area contributed by atoms with Gasteiger partial charge in [-0.25, -0.2) is 4.68 Å². The normalized spacial score (nSPS) is 11.2. The quantitative estimate of drug-likeness (QED) is 0.828. The van der Waals surface area contributed by atoms with Crippen molar-refractivity contribution in [2.24, 2.45) is 0 Å². The number of nitrogens with zero attached hydrogens (tertiary/aromatic N) is 4. The fourth-order valence-corrected chi connectivity index (χ4v) is 1.80. The molecule has 0 unspecified atom stereocenters. The number of rotatable bonds is 5. The van der Waals surface area contributed by atoms with Crippen molar-refractivity contribution in [3.63, 3.8) is 0 Å². The Hall–Kier alpha value is -1.95. The molecule has 0 saturated heterocycles. The van der Waals surface area contributed by atoms with Gasteiger partial charge in [-0.1, -0.05) is 6.07 Å². The minimum absolute atomic E-state index is 0.203. The van der Waals surface area contributed by atoms with Crippen molar-refractivity contribution in [2.75, 3.05) is 12.3 Å². The molecule has 2 aromatic rings. The monoisotopic (exact) mass is 261 g/mol. The number of aryl methyl sites for hydroxylation is 1. The van der Waals surface area contributed by atoms with Crippen molar-refractivity contribution < 1.29 is 4.74 Å². The lowest BCUT2D eigenvalue weighted by Gasteiger charge is -2.10. The maximum absolute atomic E-state index is 5.82. The van der Waals surface area contributed by atoms with Gasteiger partial charge in [0.25, 0.3) is 0 Å². The molecule has 0 spiro atoms. The van der Waals surface area contributed by atoms with Crippen molar-refractivity contribution in [3.05, 3.63) is 23.8 Å². The van der Waals surface area contributed by atoms with Gasteiger partial charge in [0.1, 0.15) is 0 Å². The van der Waals surface area contributed by atoms with Crippen LogP contribution in [0, 0.1) is 6.92 Å². The number of anilines is 1. The molecular weight excluding hydrogens is 242 g/mol. The van der Waals surface area contributed by atoms with E-state index in [1.165, 1.54) is 0 Å². The number of aromatic nitrogens is 4. The van der Waals surface area contributed by atoms with Gasteiger partial charge in [0.05, 0.1) is 19.3 Å². The third-order valence-corrected chi connectivity index (χ3v) is 2.79. The van der Waals surface area contributed by atoms with Crippen LogP contribution in [0.2, 0.25) is 0 Å². The van der Waals surface area contributed by atoms with Crippen LogP contribution < -0.4 is 5.73 Å². The Balaban J connectivity index is 2.21.